The van der Waals surface area contributed by atoms with Gasteiger partial charge in [0.2, 0.25) is 0 Å². The molecule has 0 saturated heterocycles. The lowest BCUT2D eigenvalue weighted by molar-refractivity contribution is 0.613. The smallest absolute Gasteiger partial charge is 0.191 e. The fourth-order valence-corrected chi connectivity index (χ4v) is 3.28. The van der Waals surface area contributed by atoms with Gasteiger partial charge in [0, 0.05) is 19.6 Å². The van der Waals surface area contributed by atoms with E-state index in [-0.39, 0.29) is 24.0 Å². The molecular formula is C19H26IN3. The van der Waals surface area contributed by atoms with Crippen molar-refractivity contribution in [2.24, 2.45) is 4.99 Å². The van der Waals surface area contributed by atoms with Gasteiger partial charge in [-0.05, 0) is 35.6 Å². The molecule has 1 saturated carbocycles. The molecule has 1 aliphatic rings. The maximum Gasteiger partial charge on any atom is 0.191 e. The van der Waals surface area contributed by atoms with Crippen LogP contribution in [0.25, 0.3) is 10.8 Å². The Bertz CT molecular complexity index is 643. The maximum atomic E-state index is 4.34. The van der Waals surface area contributed by atoms with Gasteiger partial charge in [0.1, 0.15) is 0 Å². The number of guanidine groups is 1. The van der Waals surface area contributed by atoms with Crippen LogP contribution in [0.5, 0.6) is 0 Å². The van der Waals surface area contributed by atoms with Crippen LogP contribution in [-0.4, -0.2) is 25.6 Å². The molecule has 0 heterocycles. The van der Waals surface area contributed by atoms with Gasteiger partial charge in [-0.2, -0.15) is 0 Å². The fourth-order valence-electron chi connectivity index (χ4n) is 3.28. The minimum absolute atomic E-state index is 0. The van der Waals surface area contributed by atoms with E-state index in [9.17, 15) is 0 Å². The van der Waals surface area contributed by atoms with E-state index >= 15 is 0 Å². The average Bonchev–Trinajstić information content (AvgIpc) is 3.07. The quantitative estimate of drug-likeness (QED) is 0.441. The molecule has 2 aromatic rings. The second kappa shape index (κ2) is 9.11. The summed E-state index contributed by atoms with van der Waals surface area (Å²) in [6.45, 7) is 0.903. The normalized spacial score (nSPS) is 15.4. The Hall–Kier alpha value is -1.30. The summed E-state index contributed by atoms with van der Waals surface area (Å²) >= 11 is 0. The van der Waals surface area contributed by atoms with Crippen LogP contribution in [0.1, 0.15) is 31.2 Å². The third-order valence-electron chi connectivity index (χ3n) is 4.49. The second-order valence-corrected chi connectivity index (χ2v) is 6.01. The van der Waals surface area contributed by atoms with Gasteiger partial charge in [0.15, 0.2) is 5.96 Å². The van der Waals surface area contributed by atoms with E-state index in [2.05, 4.69) is 58.1 Å². The SMILES string of the molecule is CN=C(NCCc1cccc2ccccc12)NC1CCCC1.I. The molecule has 0 aliphatic heterocycles. The monoisotopic (exact) mass is 423 g/mol. The molecule has 0 spiro atoms. The number of nitrogens with zero attached hydrogens (tertiary/aromatic N) is 1. The van der Waals surface area contributed by atoms with E-state index < -0.39 is 0 Å². The van der Waals surface area contributed by atoms with Crippen LogP contribution in [0.4, 0.5) is 0 Å². The first-order chi connectivity index (χ1) is 10.9. The van der Waals surface area contributed by atoms with Crippen molar-refractivity contribution in [1.82, 2.24) is 10.6 Å². The molecule has 1 aliphatic carbocycles. The van der Waals surface area contributed by atoms with Crippen LogP contribution < -0.4 is 10.6 Å². The van der Waals surface area contributed by atoms with Crippen LogP contribution in [0.2, 0.25) is 0 Å². The highest BCUT2D eigenvalue weighted by Gasteiger charge is 2.15. The lowest BCUT2D eigenvalue weighted by Gasteiger charge is -2.17. The van der Waals surface area contributed by atoms with E-state index in [0.29, 0.717) is 6.04 Å². The molecule has 2 N–H and O–H groups in total. The summed E-state index contributed by atoms with van der Waals surface area (Å²) in [5.41, 5.74) is 1.39. The van der Waals surface area contributed by atoms with E-state index in [1.54, 1.807) is 0 Å². The zero-order chi connectivity index (χ0) is 15.2. The van der Waals surface area contributed by atoms with Gasteiger partial charge in [-0.3, -0.25) is 4.99 Å². The zero-order valence-electron chi connectivity index (χ0n) is 13.7. The number of hydrogen-bond donors (Lipinski definition) is 2. The molecular weight excluding hydrogens is 397 g/mol. The predicted octanol–water partition coefficient (Wildman–Crippen LogP) is 4.11. The van der Waals surface area contributed by atoms with Crippen LogP contribution >= 0.6 is 24.0 Å². The number of fused-ring (bicyclic) bond motifs is 1. The summed E-state index contributed by atoms with van der Waals surface area (Å²) < 4.78 is 0. The van der Waals surface area contributed by atoms with Crippen LogP contribution in [0.15, 0.2) is 47.5 Å². The second-order valence-electron chi connectivity index (χ2n) is 6.01. The highest BCUT2D eigenvalue weighted by molar-refractivity contribution is 14.0. The lowest BCUT2D eigenvalue weighted by Crippen LogP contribution is -2.43. The van der Waals surface area contributed by atoms with Crippen molar-refractivity contribution in [3.63, 3.8) is 0 Å². The van der Waals surface area contributed by atoms with E-state index in [0.717, 1.165) is 18.9 Å². The standard InChI is InChI=1S/C19H25N3.HI/c1-20-19(22-17-10-3-4-11-17)21-14-13-16-9-6-8-15-7-2-5-12-18(15)16;/h2,5-9,12,17H,3-4,10-11,13-14H2,1H3,(H2,20,21,22);1H. The first-order valence-corrected chi connectivity index (χ1v) is 8.30. The lowest BCUT2D eigenvalue weighted by atomic mass is 10.0. The molecule has 4 heteroatoms. The molecule has 0 bridgehead atoms. The Labute approximate surface area is 156 Å². The molecule has 0 unspecified atom stereocenters. The third-order valence-corrected chi connectivity index (χ3v) is 4.49. The maximum absolute atomic E-state index is 4.34. The molecule has 3 rings (SSSR count). The summed E-state index contributed by atoms with van der Waals surface area (Å²) in [6.07, 6.45) is 6.22. The largest absolute Gasteiger partial charge is 0.356 e. The van der Waals surface area contributed by atoms with Crippen molar-refractivity contribution in [3.8, 4) is 0 Å². The van der Waals surface area contributed by atoms with Gasteiger partial charge in [-0.1, -0.05) is 55.3 Å². The highest BCUT2D eigenvalue weighted by Crippen LogP contribution is 2.19. The molecule has 0 atom stereocenters. The van der Waals surface area contributed by atoms with E-state index in [1.165, 1.54) is 42.0 Å². The van der Waals surface area contributed by atoms with Gasteiger partial charge < -0.3 is 10.6 Å². The van der Waals surface area contributed by atoms with Crippen LogP contribution in [0, 0.1) is 0 Å². The molecule has 2 aromatic carbocycles. The number of rotatable bonds is 4. The first-order valence-electron chi connectivity index (χ1n) is 8.30. The first kappa shape index (κ1) is 18.0. The molecule has 23 heavy (non-hydrogen) atoms. The number of aliphatic imine (C=N–C) groups is 1. The average molecular weight is 423 g/mol. The van der Waals surface area contributed by atoms with Gasteiger partial charge in [0.25, 0.3) is 0 Å². The topological polar surface area (TPSA) is 36.4 Å². The Morgan fingerprint density at radius 2 is 1.83 bits per heavy atom. The summed E-state index contributed by atoms with van der Waals surface area (Å²) in [4.78, 5) is 4.34. The minimum Gasteiger partial charge on any atom is -0.356 e. The molecule has 0 aromatic heterocycles. The number of hydrogen-bond acceptors (Lipinski definition) is 1. The van der Waals surface area contributed by atoms with Crippen molar-refractivity contribution in [2.45, 2.75) is 38.1 Å². The Kier molecular flexibility index (Phi) is 7.15. The molecule has 0 radical (unpaired) electrons. The van der Waals surface area contributed by atoms with Crippen molar-refractivity contribution in [3.05, 3.63) is 48.0 Å². The Morgan fingerprint density at radius 1 is 1.09 bits per heavy atom. The van der Waals surface area contributed by atoms with Crippen LogP contribution in [-0.2, 0) is 6.42 Å². The van der Waals surface area contributed by atoms with E-state index in [1.807, 2.05) is 7.05 Å². The number of benzene rings is 2. The van der Waals surface area contributed by atoms with Gasteiger partial charge >= 0.3 is 0 Å². The molecule has 1 fully saturated rings. The summed E-state index contributed by atoms with van der Waals surface area (Å²) in [5.74, 6) is 0.937. The number of halogens is 1. The van der Waals surface area contributed by atoms with Gasteiger partial charge in [-0.25, -0.2) is 0 Å². The summed E-state index contributed by atoms with van der Waals surface area (Å²) in [5, 5.41) is 9.64. The fraction of sp³-hybridized carbons (Fsp3) is 0.421. The molecule has 3 nitrogen and oxygen atoms in total. The number of nitrogens with one attached hydrogen (secondary N) is 2. The van der Waals surface area contributed by atoms with Gasteiger partial charge in [0.05, 0.1) is 0 Å². The Morgan fingerprint density at radius 3 is 2.61 bits per heavy atom. The van der Waals surface area contributed by atoms with Crippen molar-refractivity contribution < 1.29 is 0 Å². The summed E-state index contributed by atoms with van der Waals surface area (Å²) in [6, 6.07) is 15.7. The van der Waals surface area contributed by atoms with Crippen LogP contribution in [0.3, 0.4) is 0 Å². The summed E-state index contributed by atoms with van der Waals surface area (Å²) in [7, 11) is 1.85. The molecule has 0 amide bonds. The third kappa shape index (κ3) is 4.83. The van der Waals surface area contributed by atoms with Crippen molar-refractivity contribution in [2.75, 3.05) is 13.6 Å². The highest BCUT2D eigenvalue weighted by atomic mass is 127. The van der Waals surface area contributed by atoms with Crippen molar-refractivity contribution in [1.29, 1.82) is 0 Å². The zero-order valence-corrected chi connectivity index (χ0v) is 16.0. The van der Waals surface area contributed by atoms with Gasteiger partial charge in [-0.15, -0.1) is 24.0 Å². The van der Waals surface area contributed by atoms with E-state index in [4.69, 9.17) is 0 Å². The molecule has 124 valence electrons. The Balaban J connectivity index is 0.00000192. The minimum atomic E-state index is 0. The van der Waals surface area contributed by atoms with Crippen molar-refractivity contribution >= 4 is 40.7 Å². The predicted molar refractivity (Wildman–Crippen MR) is 110 cm³/mol.